The lowest BCUT2D eigenvalue weighted by Gasteiger charge is -2.12. The van der Waals surface area contributed by atoms with Crippen molar-refractivity contribution in [2.75, 3.05) is 5.73 Å². The summed E-state index contributed by atoms with van der Waals surface area (Å²) in [4.78, 5) is 12.1. The summed E-state index contributed by atoms with van der Waals surface area (Å²) < 4.78 is 5.87. The topological polar surface area (TPSA) is 52.3 Å². The lowest BCUT2D eigenvalue weighted by molar-refractivity contribution is 0.0984. The van der Waals surface area contributed by atoms with E-state index in [0.717, 1.165) is 5.56 Å². The third kappa shape index (κ3) is 4.07. The zero-order valence-corrected chi connectivity index (χ0v) is 14.2. The summed E-state index contributed by atoms with van der Waals surface area (Å²) >= 11 is 0. The Kier molecular flexibility index (Phi) is 5.14. The molecule has 0 saturated heterocycles. The summed E-state index contributed by atoms with van der Waals surface area (Å²) in [7, 11) is 0. The Labute approximate surface area is 148 Å². The normalized spacial score (nSPS) is 10.4. The van der Waals surface area contributed by atoms with Crippen LogP contribution in [0.2, 0.25) is 0 Å². The predicted octanol–water partition coefficient (Wildman–Crippen LogP) is 5.11. The van der Waals surface area contributed by atoms with Gasteiger partial charge in [-0.2, -0.15) is 0 Å². The fraction of sp³-hybridized carbons (Fsp3) is 0.136. The van der Waals surface area contributed by atoms with Gasteiger partial charge in [-0.15, -0.1) is 0 Å². The van der Waals surface area contributed by atoms with Crippen LogP contribution in [0.5, 0.6) is 5.75 Å². The summed E-state index contributed by atoms with van der Waals surface area (Å²) in [6.45, 7) is 2.24. The number of ketones is 1. The summed E-state index contributed by atoms with van der Waals surface area (Å²) in [5.74, 6) is 0.606. The van der Waals surface area contributed by atoms with E-state index in [0.29, 0.717) is 30.0 Å². The molecule has 0 aromatic heterocycles. The highest BCUT2D eigenvalue weighted by molar-refractivity contribution is 5.99. The fourth-order valence-electron chi connectivity index (χ4n) is 2.67. The van der Waals surface area contributed by atoms with Gasteiger partial charge in [0.1, 0.15) is 12.4 Å². The van der Waals surface area contributed by atoms with Crippen molar-refractivity contribution >= 4 is 11.5 Å². The van der Waals surface area contributed by atoms with Gasteiger partial charge < -0.3 is 10.5 Å². The number of rotatable bonds is 6. The standard InChI is InChI=1S/C22H21NO2/c1-2-21(24)20-14-19(23)12-13-22(20)25-15-16-8-10-18(11-9-16)17-6-4-3-5-7-17/h3-14H,2,15,23H2,1H3. The minimum Gasteiger partial charge on any atom is -0.488 e. The second-order valence-corrected chi connectivity index (χ2v) is 5.88. The van der Waals surface area contributed by atoms with E-state index in [-0.39, 0.29) is 5.78 Å². The van der Waals surface area contributed by atoms with Crippen molar-refractivity contribution in [3.8, 4) is 16.9 Å². The molecule has 0 saturated carbocycles. The maximum Gasteiger partial charge on any atom is 0.166 e. The lowest BCUT2D eigenvalue weighted by Crippen LogP contribution is -2.04. The van der Waals surface area contributed by atoms with Gasteiger partial charge in [0.2, 0.25) is 0 Å². The van der Waals surface area contributed by atoms with E-state index in [9.17, 15) is 4.79 Å². The maximum atomic E-state index is 12.1. The predicted molar refractivity (Wildman–Crippen MR) is 102 cm³/mol. The van der Waals surface area contributed by atoms with Gasteiger partial charge in [-0.05, 0) is 34.9 Å². The molecule has 3 nitrogen and oxygen atoms in total. The number of hydrogen-bond donors (Lipinski definition) is 1. The highest BCUT2D eigenvalue weighted by Gasteiger charge is 2.11. The molecule has 0 bridgehead atoms. The molecule has 0 heterocycles. The number of carbonyl (C=O) groups excluding carboxylic acids is 1. The highest BCUT2D eigenvalue weighted by Crippen LogP contribution is 2.25. The van der Waals surface area contributed by atoms with Crippen LogP contribution < -0.4 is 10.5 Å². The van der Waals surface area contributed by atoms with Crippen molar-refractivity contribution in [2.24, 2.45) is 0 Å². The molecule has 3 heteroatoms. The second-order valence-electron chi connectivity index (χ2n) is 5.88. The summed E-state index contributed by atoms with van der Waals surface area (Å²) in [5, 5.41) is 0. The first kappa shape index (κ1) is 16.8. The Balaban J connectivity index is 1.73. The van der Waals surface area contributed by atoms with Crippen molar-refractivity contribution in [3.63, 3.8) is 0 Å². The SMILES string of the molecule is CCC(=O)c1cc(N)ccc1OCc1ccc(-c2ccccc2)cc1. The first-order valence-corrected chi connectivity index (χ1v) is 8.37. The van der Waals surface area contributed by atoms with Gasteiger partial charge in [-0.1, -0.05) is 61.5 Å². The molecule has 3 aromatic carbocycles. The van der Waals surface area contributed by atoms with Crippen LogP contribution in [0.15, 0.2) is 72.8 Å². The van der Waals surface area contributed by atoms with Crippen molar-refractivity contribution in [3.05, 3.63) is 83.9 Å². The van der Waals surface area contributed by atoms with Crippen molar-refractivity contribution in [2.45, 2.75) is 20.0 Å². The molecule has 0 atom stereocenters. The average molecular weight is 331 g/mol. The van der Waals surface area contributed by atoms with E-state index in [4.69, 9.17) is 10.5 Å². The van der Waals surface area contributed by atoms with E-state index in [2.05, 4.69) is 24.3 Å². The number of nitrogens with two attached hydrogens (primary N) is 1. The van der Waals surface area contributed by atoms with E-state index < -0.39 is 0 Å². The fourth-order valence-corrected chi connectivity index (χ4v) is 2.67. The first-order valence-electron chi connectivity index (χ1n) is 8.37. The monoisotopic (exact) mass is 331 g/mol. The van der Waals surface area contributed by atoms with E-state index in [1.165, 1.54) is 11.1 Å². The van der Waals surface area contributed by atoms with Gasteiger partial charge in [-0.3, -0.25) is 4.79 Å². The summed E-state index contributed by atoms with van der Waals surface area (Å²) in [6.07, 6.45) is 0.422. The molecule has 0 fully saturated rings. The zero-order chi connectivity index (χ0) is 17.6. The number of Topliss-reactive ketones (excluding diaryl/α,β-unsaturated/α-hetero) is 1. The molecule has 3 aromatic rings. The molecular weight excluding hydrogens is 310 g/mol. The Morgan fingerprint density at radius 1 is 0.920 bits per heavy atom. The van der Waals surface area contributed by atoms with Crippen LogP contribution in [0.4, 0.5) is 5.69 Å². The highest BCUT2D eigenvalue weighted by atomic mass is 16.5. The molecule has 0 radical (unpaired) electrons. The number of nitrogen functional groups attached to an aromatic ring is 1. The van der Waals surface area contributed by atoms with E-state index in [1.54, 1.807) is 18.2 Å². The molecule has 0 amide bonds. The van der Waals surface area contributed by atoms with Gasteiger partial charge >= 0.3 is 0 Å². The molecule has 25 heavy (non-hydrogen) atoms. The molecule has 3 rings (SSSR count). The van der Waals surface area contributed by atoms with Gasteiger partial charge in [0, 0.05) is 12.1 Å². The molecule has 0 spiro atoms. The van der Waals surface area contributed by atoms with Gasteiger partial charge in [0.15, 0.2) is 5.78 Å². The van der Waals surface area contributed by atoms with Gasteiger partial charge in [0.05, 0.1) is 5.56 Å². The Hall–Kier alpha value is -3.07. The number of carbonyl (C=O) groups is 1. The lowest BCUT2D eigenvalue weighted by atomic mass is 10.0. The summed E-state index contributed by atoms with van der Waals surface area (Å²) in [6, 6.07) is 23.7. The van der Waals surface area contributed by atoms with Crippen LogP contribution in [0.25, 0.3) is 11.1 Å². The Morgan fingerprint density at radius 3 is 2.28 bits per heavy atom. The average Bonchev–Trinajstić information content (AvgIpc) is 2.67. The van der Waals surface area contributed by atoms with E-state index in [1.807, 2.05) is 37.3 Å². The first-order chi connectivity index (χ1) is 12.2. The minimum absolute atomic E-state index is 0.0294. The smallest absolute Gasteiger partial charge is 0.166 e. The molecule has 126 valence electrons. The van der Waals surface area contributed by atoms with Gasteiger partial charge in [-0.25, -0.2) is 0 Å². The van der Waals surface area contributed by atoms with Crippen LogP contribution in [-0.2, 0) is 6.61 Å². The molecule has 0 aliphatic rings. The maximum absolute atomic E-state index is 12.1. The molecular formula is C22H21NO2. The number of anilines is 1. The third-order valence-electron chi connectivity index (χ3n) is 4.08. The largest absolute Gasteiger partial charge is 0.488 e. The van der Waals surface area contributed by atoms with E-state index >= 15 is 0 Å². The van der Waals surface area contributed by atoms with Crippen LogP contribution in [0, 0.1) is 0 Å². The molecule has 0 aliphatic heterocycles. The second kappa shape index (κ2) is 7.67. The van der Waals surface area contributed by atoms with Crippen LogP contribution >= 0.6 is 0 Å². The van der Waals surface area contributed by atoms with Crippen LogP contribution in [0.1, 0.15) is 29.3 Å². The van der Waals surface area contributed by atoms with Crippen molar-refractivity contribution in [1.29, 1.82) is 0 Å². The molecule has 2 N–H and O–H groups in total. The van der Waals surface area contributed by atoms with Crippen molar-refractivity contribution in [1.82, 2.24) is 0 Å². The zero-order valence-electron chi connectivity index (χ0n) is 14.2. The van der Waals surface area contributed by atoms with Crippen molar-refractivity contribution < 1.29 is 9.53 Å². The molecule has 0 aliphatic carbocycles. The third-order valence-corrected chi connectivity index (χ3v) is 4.08. The Bertz CT molecular complexity index is 855. The molecule has 0 unspecified atom stereocenters. The van der Waals surface area contributed by atoms with Crippen LogP contribution in [-0.4, -0.2) is 5.78 Å². The number of benzene rings is 3. The minimum atomic E-state index is 0.0294. The number of hydrogen-bond acceptors (Lipinski definition) is 3. The quantitative estimate of drug-likeness (QED) is 0.504. The number of ether oxygens (including phenoxy) is 1. The summed E-state index contributed by atoms with van der Waals surface area (Å²) in [5.41, 5.74) is 10.3. The Morgan fingerprint density at radius 2 is 1.60 bits per heavy atom. The van der Waals surface area contributed by atoms with Crippen LogP contribution in [0.3, 0.4) is 0 Å². The van der Waals surface area contributed by atoms with Gasteiger partial charge in [0.25, 0.3) is 0 Å².